The van der Waals surface area contributed by atoms with Gasteiger partial charge in [0.1, 0.15) is 0 Å². The number of carbonyl (C=O) groups excluding carboxylic acids is 2. The smallest absolute Gasteiger partial charge is 0.374 e. The number of carbonyl (C=O) groups is 2. The molecule has 5 rings (SSSR count). The molecular formula is C24H15BrCl3F3N2O3. The van der Waals surface area contributed by atoms with E-state index in [0.29, 0.717) is 9.98 Å². The second kappa shape index (κ2) is 10.2. The Morgan fingerprint density at radius 2 is 1.53 bits per heavy atom. The van der Waals surface area contributed by atoms with Crippen LogP contribution in [-0.2, 0) is 20.0 Å². The largest absolute Gasteiger partial charge is 0.435 e. The van der Waals surface area contributed by atoms with Gasteiger partial charge < -0.3 is 4.84 Å². The first-order chi connectivity index (χ1) is 16.9. The van der Waals surface area contributed by atoms with Crippen LogP contribution in [0.4, 0.5) is 13.2 Å². The molecule has 2 heterocycles. The van der Waals surface area contributed by atoms with E-state index in [4.69, 9.17) is 39.8 Å². The van der Waals surface area contributed by atoms with E-state index in [0.717, 1.165) is 15.2 Å². The van der Waals surface area contributed by atoms with Gasteiger partial charge in [0.05, 0.1) is 5.71 Å². The number of rotatable bonds is 2. The van der Waals surface area contributed by atoms with Crippen molar-refractivity contribution in [3.05, 3.63) is 80.2 Å². The minimum absolute atomic E-state index is 0.0947. The van der Waals surface area contributed by atoms with E-state index in [1.165, 1.54) is 18.2 Å². The van der Waals surface area contributed by atoms with Crippen molar-refractivity contribution in [1.29, 1.82) is 0 Å². The van der Waals surface area contributed by atoms with Crippen molar-refractivity contribution in [2.75, 3.05) is 0 Å². The van der Waals surface area contributed by atoms with Gasteiger partial charge in [0, 0.05) is 56.7 Å². The zero-order valence-electron chi connectivity index (χ0n) is 18.1. The summed E-state index contributed by atoms with van der Waals surface area (Å²) in [6, 6.07) is 14.7. The molecule has 0 spiro atoms. The monoisotopic (exact) mass is 620 g/mol. The molecule has 0 saturated carbocycles. The van der Waals surface area contributed by atoms with Crippen molar-refractivity contribution in [3.63, 3.8) is 0 Å². The van der Waals surface area contributed by atoms with Crippen LogP contribution in [0.2, 0.25) is 10.0 Å². The standard InChI is InChI=1S/C20H11BrCl2F3NO.C4H4ClNO2/c21-17-6-5-16(14-3-1-2-4-15(14)17)18-10-19(28-27-18,20(24,25)26)11-7-12(22)9-13(23)8-11;5-6-3(7)1-2-4(6)8/h1-9H,10H2;1-2H2. The lowest BCUT2D eigenvalue weighted by atomic mass is 9.85. The molecular weight excluding hydrogens is 608 g/mol. The fourth-order valence-electron chi connectivity index (χ4n) is 3.90. The Kier molecular flexibility index (Phi) is 7.57. The third-order valence-corrected chi connectivity index (χ3v) is 7.19. The van der Waals surface area contributed by atoms with Gasteiger partial charge in [-0.05, 0) is 35.0 Å². The van der Waals surface area contributed by atoms with Crippen LogP contribution in [0.3, 0.4) is 0 Å². The van der Waals surface area contributed by atoms with Crippen LogP contribution in [-0.4, -0.2) is 28.1 Å². The highest BCUT2D eigenvalue weighted by atomic mass is 79.9. The Morgan fingerprint density at radius 3 is 2.06 bits per heavy atom. The van der Waals surface area contributed by atoms with Gasteiger partial charge in [-0.3, -0.25) is 9.59 Å². The second-order valence-electron chi connectivity index (χ2n) is 8.00. The van der Waals surface area contributed by atoms with Crippen molar-refractivity contribution >= 4 is 79.2 Å². The number of benzene rings is 3. The summed E-state index contributed by atoms with van der Waals surface area (Å²) in [6.45, 7) is 0. The van der Waals surface area contributed by atoms with Crippen LogP contribution in [0.15, 0.2) is 64.2 Å². The summed E-state index contributed by atoms with van der Waals surface area (Å²) in [7, 11) is 0. The maximum atomic E-state index is 14.1. The number of nitrogens with zero attached hydrogens (tertiary/aromatic N) is 2. The summed E-state index contributed by atoms with van der Waals surface area (Å²) in [5.41, 5.74) is -2.04. The van der Waals surface area contributed by atoms with Crippen LogP contribution < -0.4 is 0 Å². The summed E-state index contributed by atoms with van der Waals surface area (Å²) < 4.78 is 43.9. The minimum Gasteiger partial charge on any atom is -0.374 e. The molecule has 1 saturated heterocycles. The van der Waals surface area contributed by atoms with E-state index in [2.05, 4.69) is 21.1 Å². The highest BCUT2D eigenvalue weighted by Gasteiger charge is 2.62. The van der Waals surface area contributed by atoms with Crippen molar-refractivity contribution in [2.45, 2.75) is 31.0 Å². The summed E-state index contributed by atoms with van der Waals surface area (Å²) in [5, 5.41) is 5.68. The molecule has 0 aliphatic carbocycles. The first kappa shape index (κ1) is 26.7. The van der Waals surface area contributed by atoms with Crippen LogP contribution in [0.5, 0.6) is 0 Å². The second-order valence-corrected chi connectivity index (χ2v) is 10.1. The third-order valence-electron chi connectivity index (χ3n) is 5.69. The van der Waals surface area contributed by atoms with E-state index in [9.17, 15) is 22.8 Å². The molecule has 0 N–H and O–H groups in total. The van der Waals surface area contributed by atoms with Gasteiger partial charge in [-0.1, -0.05) is 74.6 Å². The molecule has 2 amide bonds. The van der Waals surface area contributed by atoms with Gasteiger partial charge >= 0.3 is 6.18 Å². The fourth-order valence-corrected chi connectivity index (χ4v) is 5.07. The predicted molar refractivity (Wildman–Crippen MR) is 135 cm³/mol. The zero-order chi connectivity index (χ0) is 26.3. The lowest BCUT2D eigenvalue weighted by Gasteiger charge is -2.29. The summed E-state index contributed by atoms with van der Waals surface area (Å²) >= 11 is 20.5. The normalized spacial score (nSPS) is 19.8. The number of halogens is 7. The molecule has 0 radical (unpaired) electrons. The fraction of sp³-hybridized carbons (Fsp3) is 0.208. The molecule has 5 nitrogen and oxygen atoms in total. The molecule has 1 atom stereocenters. The quantitative estimate of drug-likeness (QED) is 0.217. The third kappa shape index (κ3) is 5.07. The molecule has 12 heteroatoms. The van der Waals surface area contributed by atoms with Crippen LogP contribution >= 0.6 is 50.9 Å². The molecule has 0 aromatic heterocycles. The Hall–Kier alpha value is -2.33. The number of hydrogen-bond acceptors (Lipinski definition) is 4. The van der Waals surface area contributed by atoms with Crippen molar-refractivity contribution < 1.29 is 27.6 Å². The zero-order valence-corrected chi connectivity index (χ0v) is 21.9. The lowest BCUT2D eigenvalue weighted by Crippen LogP contribution is -2.42. The SMILES string of the molecule is FC(F)(F)C1(c2cc(Cl)cc(Cl)c2)CC(c2ccc(Br)c3ccccc23)=NO1.O=C1CCC(=O)N1Cl. The summed E-state index contributed by atoms with van der Waals surface area (Å²) in [6.07, 6.45) is -4.68. The van der Waals surface area contributed by atoms with E-state index in [-0.39, 0.29) is 46.0 Å². The number of hydrogen-bond donors (Lipinski definition) is 0. The first-order valence-corrected chi connectivity index (χ1v) is 12.3. The van der Waals surface area contributed by atoms with Crippen molar-refractivity contribution in [2.24, 2.45) is 5.16 Å². The van der Waals surface area contributed by atoms with E-state index in [1.54, 1.807) is 12.1 Å². The highest BCUT2D eigenvalue weighted by Crippen LogP contribution is 2.50. The van der Waals surface area contributed by atoms with Gasteiger partial charge in [-0.15, -0.1) is 0 Å². The molecule has 2 aliphatic heterocycles. The number of oxime groups is 1. The average molecular weight is 623 g/mol. The molecule has 1 unspecified atom stereocenters. The van der Waals surface area contributed by atoms with Crippen molar-refractivity contribution in [3.8, 4) is 0 Å². The molecule has 2 aliphatic rings. The predicted octanol–water partition coefficient (Wildman–Crippen LogP) is 7.78. The molecule has 3 aromatic rings. The van der Waals surface area contributed by atoms with Gasteiger partial charge in [-0.25, -0.2) is 0 Å². The molecule has 1 fully saturated rings. The van der Waals surface area contributed by atoms with Crippen LogP contribution in [0.1, 0.15) is 30.4 Å². The summed E-state index contributed by atoms with van der Waals surface area (Å²) in [5.74, 6) is -0.590. The molecule has 188 valence electrons. The van der Waals surface area contributed by atoms with Gasteiger partial charge in [0.15, 0.2) is 0 Å². The maximum absolute atomic E-state index is 14.1. The average Bonchev–Trinajstić information content (AvgIpc) is 3.40. The van der Waals surface area contributed by atoms with Crippen molar-refractivity contribution in [1.82, 2.24) is 4.42 Å². The van der Waals surface area contributed by atoms with Crippen LogP contribution in [0.25, 0.3) is 10.8 Å². The topological polar surface area (TPSA) is 59.0 Å². The molecule has 36 heavy (non-hydrogen) atoms. The number of alkyl halides is 3. The molecule has 0 bridgehead atoms. The number of imide groups is 1. The number of fused-ring (bicyclic) bond motifs is 1. The summed E-state index contributed by atoms with van der Waals surface area (Å²) in [4.78, 5) is 25.8. The Bertz CT molecular complexity index is 1360. The highest BCUT2D eigenvalue weighted by molar-refractivity contribution is 9.10. The maximum Gasteiger partial charge on any atom is 0.435 e. The van der Waals surface area contributed by atoms with E-state index < -0.39 is 18.2 Å². The lowest BCUT2D eigenvalue weighted by molar-refractivity contribution is -0.275. The Balaban J connectivity index is 0.000000325. The minimum atomic E-state index is -4.72. The first-order valence-electron chi connectivity index (χ1n) is 10.4. The van der Waals surface area contributed by atoms with Crippen LogP contribution in [0, 0.1) is 0 Å². The van der Waals surface area contributed by atoms with Gasteiger partial charge in [0.25, 0.3) is 5.60 Å². The van der Waals surface area contributed by atoms with E-state index >= 15 is 0 Å². The Morgan fingerprint density at radius 1 is 0.944 bits per heavy atom. The molecule has 3 aromatic carbocycles. The van der Waals surface area contributed by atoms with Gasteiger partial charge in [0.2, 0.25) is 11.8 Å². The van der Waals surface area contributed by atoms with Gasteiger partial charge in [-0.2, -0.15) is 17.6 Å². The number of amides is 2. The van der Waals surface area contributed by atoms with E-state index in [1.807, 2.05) is 24.3 Å². The Labute approximate surface area is 227 Å².